The van der Waals surface area contributed by atoms with Crippen LogP contribution >= 0.6 is 0 Å². The fraction of sp³-hybridized carbons (Fsp3) is 1.00. The van der Waals surface area contributed by atoms with E-state index < -0.39 is 10.2 Å². The molecule has 0 aromatic rings. The van der Waals surface area contributed by atoms with Gasteiger partial charge in [0, 0.05) is 32.2 Å². The Bertz CT molecular complexity index is 399. The molecule has 0 aromatic heterocycles. The molecule has 0 aliphatic heterocycles. The molecular formula is C14H29N3O2S. The van der Waals surface area contributed by atoms with Crippen molar-refractivity contribution in [2.24, 2.45) is 5.73 Å². The molecule has 0 spiro atoms. The molecule has 2 rings (SSSR count). The predicted octanol–water partition coefficient (Wildman–Crippen LogP) is 1.70. The van der Waals surface area contributed by atoms with E-state index in [0.717, 1.165) is 51.4 Å². The van der Waals surface area contributed by atoms with Gasteiger partial charge in [-0.05, 0) is 38.5 Å². The summed E-state index contributed by atoms with van der Waals surface area (Å²) in [4.78, 5) is 0. The van der Waals surface area contributed by atoms with E-state index in [2.05, 4.69) is 0 Å². The number of rotatable bonds is 4. The summed E-state index contributed by atoms with van der Waals surface area (Å²) < 4.78 is 28.7. The second-order valence-electron chi connectivity index (χ2n) is 6.40. The van der Waals surface area contributed by atoms with Crippen LogP contribution in [0.3, 0.4) is 0 Å². The standard InChI is InChI=1S/C14H29N3O2S/c1-16(13-6-4-3-5-7-13)20(18,19)17(2)14-10-8-12(15)9-11-14/h12-14H,3-11,15H2,1-2H3. The summed E-state index contributed by atoms with van der Waals surface area (Å²) in [6.07, 6.45) is 9.15. The van der Waals surface area contributed by atoms with Crippen LogP contribution < -0.4 is 5.73 Å². The van der Waals surface area contributed by atoms with Crippen LogP contribution in [-0.2, 0) is 10.2 Å². The Labute approximate surface area is 123 Å². The Morgan fingerprint density at radius 3 is 1.75 bits per heavy atom. The van der Waals surface area contributed by atoms with Gasteiger partial charge in [0.25, 0.3) is 10.2 Å². The Hall–Kier alpha value is -0.170. The highest BCUT2D eigenvalue weighted by Crippen LogP contribution is 2.28. The largest absolute Gasteiger partial charge is 0.328 e. The lowest BCUT2D eigenvalue weighted by Crippen LogP contribution is -2.50. The first kappa shape index (κ1) is 16.2. The minimum atomic E-state index is -3.33. The maximum absolute atomic E-state index is 12.7. The van der Waals surface area contributed by atoms with Gasteiger partial charge in [0.15, 0.2) is 0 Å². The fourth-order valence-electron chi connectivity index (χ4n) is 3.49. The van der Waals surface area contributed by atoms with E-state index in [-0.39, 0.29) is 18.1 Å². The van der Waals surface area contributed by atoms with E-state index in [1.54, 1.807) is 22.7 Å². The number of nitrogens with two attached hydrogens (primary N) is 1. The van der Waals surface area contributed by atoms with Crippen LogP contribution in [0.1, 0.15) is 57.8 Å². The van der Waals surface area contributed by atoms with E-state index in [4.69, 9.17) is 5.73 Å². The van der Waals surface area contributed by atoms with Crippen LogP contribution in [0, 0.1) is 0 Å². The molecule has 2 fully saturated rings. The van der Waals surface area contributed by atoms with Gasteiger partial charge < -0.3 is 5.73 Å². The van der Waals surface area contributed by atoms with Crippen LogP contribution in [0.15, 0.2) is 0 Å². The van der Waals surface area contributed by atoms with Gasteiger partial charge in [0.05, 0.1) is 0 Å². The molecule has 6 heteroatoms. The molecule has 0 atom stereocenters. The van der Waals surface area contributed by atoms with Gasteiger partial charge in [-0.3, -0.25) is 0 Å². The van der Waals surface area contributed by atoms with Crippen molar-refractivity contribution in [3.63, 3.8) is 0 Å². The molecule has 5 nitrogen and oxygen atoms in total. The van der Waals surface area contributed by atoms with E-state index in [1.807, 2.05) is 0 Å². The van der Waals surface area contributed by atoms with Crippen LogP contribution in [-0.4, -0.2) is 49.2 Å². The maximum Gasteiger partial charge on any atom is 0.281 e. The van der Waals surface area contributed by atoms with Crippen LogP contribution in [0.5, 0.6) is 0 Å². The molecular weight excluding hydrogens is 274 g/mol. The molecule has 0 unspecified atom stereocenters. The molecule has 0 heterocycles. The third-order valence-corrected chi connectivity index (χ3v) is 7.12. The number of hydrogen-bond donors (Lipinski definition) is 1. The third-order valence-electron chi connectivity index (χ3n) is 5.07. The average Bonchev–Trinajstić information content (AvgIpc) is 2.47. The van der Waals surface area contributed by atoms with E-state index in [0.29, 0.717) is 0 Å². The lowest BCUT2D eigenvalue weighted by atomic mass is 9.92. The summed E-state index contributed by atoms with van der Waals surface area (Å²) in [7, 11) is 0.149. The first-order valence-electron chi connectivity index (χ1n) is 7.89. The van der Waals surface area contributed by atoms with Gasteiger partial charge in [-0.1, -0.05) is 19.3 Å². The second kappa shape index (κ2) is 6.73. The summed E-state index contributed by atoms with van der Waals surface area (Å²) in [6, 6.07) is 0.548. The van der Waals surface area contributed by atoms with Gasteiger partial charge in [-0.15, -0.1) is 0 Å². The molecule has 20 heavy (non-hydrogen) atoms. The van der Waals surface area contributed by atoms with Gasteiger partial charge in [0.2, 0.25) is 0 Å². The third kappa shape index (κ3) is 3.53. The molecule has 2 aliphatic rings. The lowest BCUT2D eigenvalue weighted by Gasteiger charge is -2.38. The highest BCUT2D eigenvalue weighted by Gasteiger charge is 2.35. The molecule has 2 N–H and O–H groups in total. The zero-order chi connectivity index (χ0) is 14.8. The van der Waals surface area contributed by atoms with Crippen LogP contribution in [0.2, 0.25) is 0 Å². The highest BCUT2D eigenvalue weighted by atomic mass is 32.2. The van der Waals surface area contributed by atoms with Gasteiger partial charge in [-0.25, -0.2) is 0 Å². The average molecular weight is 303 g/mol. The number of hydrogen-bond acceptors (Lipinski definition) is 3. The monoisotopic (exact) mass is 303 g/mol. The minimum Gasteiger partial charge on any atom is -0.328 e. The Kier molecular flexibility index (Phi) is 5.45. The normalized spacial score (nSPS) is 30.1. The SMILES string of the molecule is CN(C1CCCCC1)S(=O)(=O)N(C)C1CCC(N)CC1. The van der Waals surface area contributed by atoms with Gasteiger partial charge in [0.1, 0.15) is 0 Å². The molecule has 0 radical (unpaired) electrons. The topological polar surface area (TPSA) is 66.6 Å². The Balaban J connectivity index is 2.00. The van der Waals surface area contributed by atoms with Crippen molar-refractivity contribution in [1.29, 1.82) is 0 Å². The number of nitrogens with zero attached hydrogens (tertiary/aromatic N) is 2. The summed E-state index contributed by atoms with van der Waals surface area (Å²) in [5, 5.41) is 0. The van der Waals surface area contributed by atoms with Crippen molar-refractivity contribution in [2.45, 2.75) is 75.9 Å². The van der Waals surface area contributed by atoms with Crippen LogP contribution in [0.25, 0.3) is 0 Å². The highest BCUT2D eigenvalue weighted by molar-refractivity contribution is 7.86. The quantitative estimate of drug-likeness (QED) is 0.859. The molecule has 2 saturated carbocycles. The molecule has 0 amide bonds. The Morgan fingerprint density at radius 1 is 0.800 bits per heavy atom. The fourth-order valence-corrected chi connectivity index (χ4v) is 5.07. The zero-order valence-corrected chi connectivity index (χ0v) is 13.6. The van der Waals surface area contributed by atoms with E-state index in [9.17, 15) is 8.42 Å². The predicted molar refractivity (Wildman–Crippen MR) is 81.6 cm³/mol. The first-order valence-corrected chi connectivity index (χ1v) is 9.29. The smallest absolute Gasteiger partial charge is 0.281 e. The van der Waals surface area contributed by atoms with Crippen molar-refractivity contribution >= 4 is 10.2 Å². The van der Waals surface area contributed by atoms with Crippen molar-refractivity contribution in [3.05, 3.63) is 0 Å². The first-order chi connectivity index (χ1) is 9.43. The van der Waals surface area contributed by atoms with Crippen molar-refractivity contribution in [3.8, 4) is 0 Å². The summed E-state index contributed by atoms with van der Waals surface area (Å²) in [5.74, 6) is 0. The van der Waals surface area contributed by atoms with Gasteiger partial charge >= 0.3 is 0 Å². The summed E-state index contributed by atoms with van der Waals surface area (Å²) in [5.41, 5.74) is 5.90. The van der Waals surface area contributed by atoms with E-state index in [1.165, 1.54) is 6.42 Å². The molecule has 0 saturated heterocycles. The van der Waals surface area contributed by atoms with Crippen molar-refractivity contribution in [1.82, 2.24) is 8.61 Å². The molecule has 0 bridgehead atoms. The molecule has 2 aliphatic carbocycles. The summed E-state index contributed by atoms with van der Waals surface area (Å²) >= 11 is 0. The van der Waals surface area contributed by atoms with Crippen molar-refractivity contribution in [2.75, 3.05) is 14.1 Å². The maximum atomic E-state index is 12.7. The zero-order valence-electron chi connectivity index (χ0n) is 12.8. The summed E-state index contributed by atoms with van der Waals surface area (Å²) in [6.45, 7) is 0. The second-order valence-corrected chi connectivity index (χ2v) is 8.45. The molecule has 0 aromatic carbocycles. The lowest BCUT2D eigenvalue weighted by molar-refractivity contribution is 0.229. The van der Waals surface area contributed by atoms with E-state index >= 15 is 0 Å². The molecule has 118 valence electrons. The van der Waals surface area contributed by atoms with Gasteiger partial charge in [-0.2, -0.15) is 17.0 Å². The van der Waals surface area contributed by atoms with Crippen LogP contribution in [0.4, 0.5) is 0 Å². The minimum absolute atomic E-state index is 0.117. The Morgan fingerprint density at radius 2 is 1.25 bits per heavy atom. The van der Waals surface area contributed by atoms with Crippen molar-refractivity contribution < 1.29 is 8.42 Å².